The number of carbonyl (C=O) groups is 2. The molecule has 0 aliphatic carbocycles. The van der Waals surface area contributed by atoms with Crippen molar-refractivity contribution in [1.82, 2.24) is 5.32 Å². The minimum atomic E-state index is -0.293. The van der Waals surface area contributed by atoms with Crippen LogP contribution in [0.3, 0.4) is 0 Å². The van der Waals surface area contributed by atoms with Gasteiger partial charge in [0.15, 0.2) is 0 Å². The normalized spacial score (nSPS) is 10.4. The Morgan fingerprint density at radius 3 is 2.47 bits per heavy atom. The largest absolute Gasteiger partial charge is 0.494 e. The first-order valence-corrected chi connectivity index (χ1v) is 10.1. The zero-order chi connectivity index (χ0) is 21.2. The Bertz CT molecular complexity index is 950. The van der Waals surface area contributed by atoms with Crippen LogP contribution in [-0.2, 0) is 6.54 Å². The second kappa shape index (κ2) is 10.9. The van der Waals surface area contributed by atoms with Crippen molar-refractivity contribution in [2.45, 2.75) is 32.7 Å². The molecule has 0 saturated heterocycles. The van der Waals surface area contributed by atoms with Crippen LogP contribution >= 0.6 is 0 Å². The van der Waals surface area contributed by atoms with E-state index in [1.807, 2.05) is 0 Å². The molecule has 0 saturated carbocycles. The van der Waals surface area contributed by atoms with Gasteiger partial charge in [0, 0.05) is 5.56 Å². The van der Waals surface area contributed by atoms with Crippen LogP contribution in [0.2, 0.25) is 0 Å². The number of ether oxygens (including phenoxy) is 1. The molecule has 6 heteroatoms. The molecule has 2 N–H and O–H groups in total. The van der Waals surface area contributed by atoms with Crippen molar-refractivity contribution >= 4 is 17.5 Å². The maximum Gasteiger partial charge on any atom is 0.255 e. The number of anilines is 1. The summed E-state index contributed by atoms with van der Waals surface area (Å²) < 4.78 is 10.9. The molecule has 156 valence electrons. The summed E-state index contributed by atoms with van der Waals surface area (Å²) in [5.74, 6) is 0.805. The molecule has 0 aliphatic heterocycles. The Kier molecular flexibility index (Phi) is 7.66. The number of hydrogen-bond donors (Lipinski definition) is 2. The average molecular weight is 406 g/mol. The zero-order valence-electron chi connectivity index (χ0n) is 17.0. The van der Waals surface area contributed by atoms with E-state index in [0.29, 0.717) is 29.2 Å². The standard InChI is InChI=1S/C24H26N2O4/c1-2-3-6-15-29-19-13-11-18(12-14-19)23(27)26-22-10-5-4-9-21(22)24(28)25-17-20-8-7-16-30-20/h4-5,7-14,16H,2-3,6,15,17H2,1H3,(H,25,28)(H,26,27). The number of hydrogen-bond acceptors (Lipinski definition) is 4. The van der Waals surface area contributed by atoms with Gasteiger partial charge < -0.3 is 19.8 Å². The number of benzene rings is 2. The summed E-state index contributed by atoms with van der Waals surface area (Å²) in [5.41, 5.74) is 1.31. The highest BCUT2D eigenvalue weighted by Gasteiger charge is 2.14. The number of amides is 2. The molecule has 0 bridgehead atoms. The molecular formula is C24H26N2O4. The molecule has 0 fully saturated rings. The highest BCUT2D eigenvalue weighted by molar-refractivity contribution is 6.09. The van der Waals surface area contributed by atoms with Gasteiger partial charge in [-0.2, -0.15) is 0 Å². The van der Waals surface area contributed by atoms with Crippen molar-refractivity contribution in [2.75, 3.05) is 11.9 Å². The molecule has 1 aromatic heterocycles. The fraction of sp³-hybridized carbons (Fsp3) is 0.250. The molecule has 0 unspecified atom stereocenters. The fourth-order valence-electron chi connectivity index (χ4n) is 2.91. The third-order valence-electron chi connectivity index (χ3n) is 4.56. The van der Waals surface area contributed by atoms with Gasteiger partial charge in [0.05, 0.1) is 30.7 Å². The highest BCUT2D eigenvalue weighted by Crippen LogP contribution is 2.18. The first-order valence-electron chi connectivity index (χ1n) is 10.1. The van der Waals surface area contributed by atoms with Crippen LogP contribution in [0.15, 0.2) is 71.3 Å². The maximum atomic E-state index is 12.6. The van der Waals surface area contributed by atoms with Crippen LogP contribution < -0.4 is 15.4 Å². The van der Waals surface area contributed by atoms with Gasteiger partial charge in [-0.1, -0.05) is 31.9 Å². The number of furan rings is 1. The Morgan fingerprint density at radius 2 is 1.73 bits per heavy atom. The number of rotatable bonds is 10. The Balaban J connectivity index is 1.60. The maximum absolute atomic E-state index is 12.6. The smallest absolute Gasteiger partial charge is 0.255 e. The van der Waals surface area contributed by atoms with Crippen LogP contribution in [-0.4, -0.2) is 18.4 Å². The molecule has 6 nitrogen and oxygen atoms in total. The molecular weight excluding hydrogens is 380 g/mol. The van der Waals surface area contributed by atoms with Gasteiger partial charge in [0.25, 0.3) is 11.8 Å². The van der Waals surface area contributed by atoms with Gasteiger partial charge in [-0.25, -0.2) is 0 Å². The number of para-hydroxylation sites is 1. The first-order chi connectivity index (χ1) is 14.7. The number of carbonyl (C=O) groups excluding carboxylic acids is 2. The van der Waals surface area contributed by atoms with Crippen LogP contribution in [0.1, 0.15) is 52.7 Å². The van der Waals surface area contributed by atoms with E-state index in [-0.39, 0.29) is 18.4 Å². The van der Waals surface area contributed by atoms with Gasteiger partial charge in [-0.05, 0) is 55.0 Å². The Morgan fingerprint density at radius 1 is 0.933 bits per heavy atom. The lowest BCUT2D eigenvalue weighted by Crippen LogP contribution is -2.24. The third-order valence-corrected chi connectivity index (χ3v) is 4.56. The van der Waals surface area contributed by atoms with Crippen molar-refractivity contribution in [3.8, 4) is 5.75 Å². The second-order valence-electron chi connectivity index (χ2n) is 6.84. The molecule has 0 spiro atoms. The fourth-order valence-corrected chi connectivity index (χ4v) is 2.91. The minimum Gasteiger partial charge on any atom is -0.494 e. The predicted molar refractivity (Wildman–Crippen MR) is 116 cm³/mol. The van der Waals surface area contributed by atoms with Gasteiger partial charge >= 0.3 is 0 Å². The second-order valence-corrected chi connectivity index (χ2v) is 6.84. The molecule has 2 amide bonds. The van der Waals surface area contributed by atoms with Gasteiger partial charge in [0.1, 0.15) is 11.5 Å². The molecule has 0 aliphatic rings. The summed E-state index contributed by atoms with van der Waals surface area (Å²) in [6.45, 7) is 3.09. The van der Waals surface area contributed by atoms with E-state index < -0.39 is 0 Å². The van der Waals surface area contributed by atoms with Crippen LogP contribution in [0.5, 0.6) is 5.75 Å². The number of unbranched alkanes of at least 4 members (excludes halogenated alkanes) is 2. The van der Waals surface area contributed by atoms with Crippen LogP contribution in [0.4, 0.5) is 5.69 Å². The quantitative estimate of drug-likeness (QED) is 0.463. The Labute approximate surface area is 176 Å². The SMILES string of the molecule is CCCCCOc1ccc(C(=O)Nc2ccccc2C(=O)NCc2ccco2)cc1. The highest BCUT2D eigenvalue weighted by atomic mass is 16.5. The van der Waals surface area contributed by atoms with Crippen molar-refractivity contribution < 1.29 is 18.7 Å². The summed E-state index contributed by atoms with van der Waals surface area (Å²) in [7, 11) is 0. The molecule has 2 aromatic carbocycles. The molecule has 0 radical (unpaired) electrons. The topological polar surface area (TPSA) is 80.6 Å². The summed E-state index contributed by atoms with van der Waals surface area (Å²) in [6, 6.07) is 17.4. The van der Waals surface area contributed by atoms with E-state index >= 15 is 0 Å². The predicted octanol–water partition coefficient (Wildman–Crippen LogP) is 5.03. The molecule has 3 rings (SSSR count). The summed E-state index contributed by atoms with van der Waals surface area (Å²) in [5, 5.41) is 5.61. The van der Waals surface area contributed by atoms with E-state index in [2.05, 4.69) is 17.6 Å². The van der Waals surface area contributed by atoms with Crippen molar-refractivity contribution in [3.05, 3.63) is 83.8 Å². The van der Waals surface area contributed by atoms with Crippen LogP contribution in [0, 0.1) is 0 Å². The summed E-state index contributed by atoms with van der Waals surface area (Å²) in [6.07, 6.45) is 4.84. The van der Waals surface area contributed by atoms with Crippen molar-refractivity contribution in [2.24, 2.45) is 0 Å². The monoisotopic (exact) mass is 406 g/mol. The minimum absolute atomic E-state index is 0.272. The summed E-state index contributed by atoms with van der Waals surface area (Å²) >= 11 is 0. The third kappa shape index (κ3) is 5.98. The zero-order valence-corrected chi connectivity index (χ0v) is 17.0. The van der Waals surface area contributed by atoms with Crippen molar-refractivity contribution in [3.63, 3.8) is 0 Å². The van der Waals surface area contributed by atoms with Gasteiger partial charge in [-0.3, -0.25) is 9.59 Å². The lowest BCUT2D eigenvalue weighted by atomic mass is 10.1. The molecule has 1 heterocycles. The van der Waals surface area contributed by atoms with E-state index in [4.69, 9.17) is 9.15 Å². The molecule has 30 heavy (non-hydrogen) atoms. The van der Waals surface area contributed by atoms with Gasteiger partial charge in [-0.15, -0.1) is 0 Å². The lowest BCUT2D eigenvalue weighted by Gasteiger charge is -2.11. The molecule has 0 atom stereocenters. The summed E-state index contributed by atoms with van der Waals surface area (Å²) in [4.78, 5) is 25.2. The van der Waals surface area contributed by atoms with E-state index in [1.165, 1.54) is 0 Å². The Hall–Kier alpha value is -3.54. The van der Waals surface area contributed by atoms with E-state index in [1.54, 1.807) is 66.9 Å². The lowest BCUT2D eigenvalue weighted by molar-refractivity contribution is 0.0949. The average Bonchev–Trinajstić information content (AvgIpc) is 3.29. The van der Waals surface area contributed by atoms with Crippen molar-refractivity contribution in [1.29, 1.82) is 0 Å². The van der Waals surface area contributed by atoms with Gasteiger partial charge in [0.2, 0.25) is 0 Å². The molecule has 3 aromatic rings. The first kappa shape index (κ1) is 21.2. The number of nitrogens with one attached hydrogen (secondary N) is 2. The van der Waals surface area contributed by atoms with Crippen LogP contribution in [0.25, 0.3) is 0 Å². The van der Waals surface area contributed by atoms with E-state index in [0.717, 1.165) is 25.0 Å². The van der Waals surface area contributed by atoms with E-state index in [9.17, 15) is 9.59 Å².